The SMILES string of the molecule is CC[C@]1(c2cccc(Oc3cncnc3)c2)C2=CN=NC2NC2=C1C(=O)CC(C)(C)C2. The summed E-state index contributed by atoms with van der Waals surface area (Å²) in [6.07, 6.45) is 8.36. The Morgan fingerprint density at radius 1 is 1.16 bits per heavy atom. The van der Waals surface area contributed by atoms with Crippen molar-refractivity contribution in [2.24, 2.45) is 15.6 Å². The number of ketones is 1. The molecule has 2 aromatic rings. The van der Waals surface area contributed by atoms with Crippen molar-refractivity contribution < 1.29 is 9.53 Å². The van der Waals surface area contributed by atoms with Crippen LogP contribution in [0.3, 0.4) is 0 Å². The highest BCUT2D eigenvalue weighted by atomic mass is 16.5. The summed E-state index contributed by atoms with van der Waals surface area (Å²) >= 11 is 0. The molecule has 3 aliphatic rings. The molecule has 0 amide bonds. The van der Waals surface area contributed by atoms with Crippen LogP contribution in [0.1, 0.15) is 45.6 Å². The molecule has 2 atom stereocenters. The summed E-state index contributed by atoms with van der Waals surface area (Å²) in [6, 6.07) is 7.94. The van der Waals surface area contributed by atoms with Gasteiger partial charge in [0.2, 0.25) is 0 Å². The van der Waals surface area contributed by atoms with Gasteiger partial charge in [-0.3, -0.25) is 4.79 Å². The Hall–Kier alpha value is -3.35. The van der Waals surface area contributed by atoms with Gasteiger partial charge >= 0.3 is 0 Å². The Morgan fingerprint density at radius 3 is 2.74 bits per heavy atom. The van der Waals surface area contributed by atoms with E-state index in [1.54, 1.807) is 12.4 Å². The van der Waals surface area contributed by atoms with Crippen LogP contribution >= 0.6 is 0 Å². The van der Waals surface area contributed by atoms with Gasteiger partial charge in [0, 0.05) is 23.3 Å². The van der Waals surface area contributed by atoms with Crippen molar-refractivity contribution in [1.82, 2.24) is 15.3 Å². The van der Waals surface area contributed by atoms with Gasteiger partial charge in [0.25, 0.3) is 0 Å². The van der Waals surface area contributed by atoms with E-state index in [2.05, 4.69) is 52.4 Å². The molecule has 5 rings (SSSR count). The molecule has 1 aromatic carbocycles. The van der Waals surface area contributed by atoms with Crippen molar-refractivity contribution in [3.63, 3.8) is 0 Å². The molecule has 1 N–H and O–H groups in total. The molecule has 0 saturated heterocycles. The predicted octanol–water partition coefficient (Wildman–Crippen LogP) is 4.84. The first-order chi connectivity index (χ1) is 14.9. The second-order valence-electron chi connectivity index (χ2n) is 9.12. The number of hydrogen-bond donors (Lipinski definition) is 1. The van der Waals surface area contributed by atoms with Crippen LogP contribution < -0.4 is 10.1 Å². The summed E-state index contributed by atoms with van der Waals surface area (Å²) in [5.41, 5.74) is 3.20. The largest absolute Gasteiger partial charge is 0.454 e. The minimum Gasteiger partial charge on any atom is -0.454 e. The van der Waals surface area contributed by atoms with E-state index in [9.17, 15) is 4.79 Å². The summed E-state index contributed by atoms with van der Waals surface area (Å²) in [7, 11) is 0. The fourth-order valence-electron chi connectivity index (χ4n) is 5.19. The van der Waals surface area contributed by atoms with Gasteiger partial charge in [0.1, 0.15) is 12.1 Å². The number of azo groups is 1. The quantitative estimate of drug-likeness (QED) is 0.772. The third-order valence-electron chi connectivity index (χ3n) is 6.41. The van der Waals surface area contributed by atoms with E-state index >= 15 is 0 Å². The summed E-state index contributed by atoms with van der Waals surface area (Å²) < 4.78 is 6.00. The zero-order chi connectivity index (χ0) is 21.6. The summed E-state index contributed by atoms with van der Waals surface area (Å²) in [5.74, 6) is 1.43. The van der Waals surface area contributed by atoms with E-state index in [1.165, 1.54) is 6.33 Å². The number of aromatic nitrogens is 2. The maximum atomic E-state index is 13.5. The van der Waals surface area contributed by atoms with Gasteiger partial charge in [-0.2, -0.15) is 10.2 Å². The summed E-state index contributed by atoms with van der Waals surface area (Å²) in [6.45, 7) is 6.40. The van der Waals surface area contributed by atoms with E-state index in [1.807, 2.05) is 24.4 Å². The Bertz CT molecular complexity index is 1140. The molecule has 1 aliphatic carbocycles. The number of fused-ring (bicyclic) bond motifs is 1. The van der Waals surface area contributed by atoms with Crippen molar-refractivity contribution in [3.05, 3.63) is 71.6 Å². The van der Waals surface area contributed by atoms with E-state index in [4.69, 9.17) is 4.74 Å². The van der Waals surface area contributed by atoms with Crippen LogP contribution in [-0.4, -0.2) is 21.9 Å². The smallest absolute Gasteiger partial charge is 0.164 e. The first-order valence-electron chi connectivity index (χ1n) is 10.6. The maximum Gasteiger partial charge on any atom is 0.164 e. The zero-order valence-corrected chi connectivity index (χ0v) is 17.9. The average molecular weight is 415 g/mol. The molecule has 1 unspecified atom stereocenters. The third kappa shape index (κ3) is 3.15. The van der Waals surface area contributed by atoms with Crippen LogP contribution in [0.4, 0.5) is 0 Å². The van der Waals surface area contributed by atoms with Crippen molar-refractivity contribution in [3.8, 4) is 11.5 Å². The molecular weight excluding hydrogens is 390 g/mol. The lowest BCUT2D eigenvalue weighted by atomic mass is 9.59. The minimum atomic E-state index is -0.588. The lowest BCUT2D eigenvalue weighted by Crippen LogP contribution is -2.51. The van der Waals surface area contributed by atoms with Crippen LogP contribution in [0.15, 0.2) is 76.3 Å². The molecule has 0 spiro atoms. The van der Waals surface area contributed by atoms with Gasteiger partial charge in [-0.25, -0.2) is 9.97 Å². The number of rotatable bonds is 4. The Balaban J connectivity index is 1.66. The highest BCUT2D eigenvalue weighted by molar-refractivity contribution is 6.01. The molecule has 0 fully saturated rings. The second kappa shape index (κ2) is 7.11. The number of allylic oxidation sites excluding steroid dienone is 2. The van der Waals surface area contributed by atoms with Crippen molar-refractivity contribution >= 4 is 5.78 Å². The van der Waals surface area contributed by atoms with Gasteiger partial charge in [-0.05, 0) is 36.0 Å². The van der Waals surface area contributed by atoms with E-state index in [-0.39, 0.29) is 17.4 Å². The maximum absolute atomic E-state index is 13.5. The number of nitrogens with one attached hydrogen (secondary N) is 1. The van der Waals surface area contributed by atoms with Crippen molar-refractivity contribution in [2.45, 2.75) is 51.6 Å². The topological polar surface area (TPSA) is 88.8 Å². The number of Topliss-reactive ketones (excluding diaryl/α,β-unsaturated/α-hetero) is 1. The van der Waals surface area contributed by atoms with Crippen LogP contribution in [0.2, 0.25) is 0 Å². The Labute approximate surface area is 181 Å². The number of benzene rings is 1. The summed E-state index contributed by atoms with van der Waals surface area (Å²) in [4.78, 5) is 21.5. The Morgan fingerprint density at radius 2 is 1.97 bits per heavy atom. The summed E-state index contributed by atoms with van der Waals surface area (Å²) in [5, 5.41) is 12.1. The van der Waals surface area contributed by atoms with Crippen LogP contribution in [0, 0.1) is 5.41 Å². The molecule has 3 heterocycles. The third-order valence-corrected chi connectivity index (χ3v) is 6.41. The molecule has 7 heteroatoms. The molecule has 0 radical (unpaired) electrons. The van der Waals surface area contributed by atoms with Gasteiger partial charge in [0.05, 0.1) is 24.0 Å². The van der Waals surface area contributed by atoms with Gasteiger partial charge < -0.3 is 10.1 Å². The molecule has 31 heavy (non-hydrogen) atoms. The van der Waals surface area contributed by atoms with Gasteiger partial charge in [-0.1, -0.05) is 32.9 Å². The average Bonchev–Trinajstić information content (AvgIpc) is 3.21. The normalized spacial score (nSPS) is 26.1. The van der Waals surface area contributed by atoms with E-state index < -0.39 is 5.41 Å². The Kier molecular flexibility index (Phi) is 4.50. The fourth-order valence-corrected chi connectivity index (χ4v) is 5.19. The molecule has 1 aromatic heterocycles. The number of ether oxygens (including phenoxy) is 1. The predicted molar refractivity (Wildman–Crippen MR) is 115 cm³/mol. The monoisotopic (exact) mass is 415 g/mol. The number of nitrogens with zero attached hydrogens (tertiary/aromatic N) is 4. The van der Waals surface area contributed by atoms with Gasteiger partial charge in [0.15, 0.2) is 17.7 Å². The highest BCUT2D eigenvalue weighted by Gasteiger charge is 2.53. The number of carbonyl (C=O) groups is 1. The van der Waals surface area contributed by atoms with Crippen LogP contribution in [0.25, 0.3) is 0 Å². The number of carbonyl (C=O) groups excluding carboxylic acids is 1. The molecule has 0 saturated carbocycles. The van der Waals surface area contributed by atoms with Crippen LogP contribution in [-0.2, 0) is 10.2 Å². The van der Waals surface area contributed by atoms with E-state index in [0.717, 1.165) is 35.2 Å². The van der Waals surface area contributed by atoms with Crippen LogP contribution in [0.5, 0.6) is 11.5 Å². The number of hydrogen-bond acceptors (Lipinski definition) is 7. The first kappa shape index (κ1) is 19.6. The first-order valence-corrected chi connectivity index (χ1v) is 10.6. The molecular formula is C24H25N5O2. The lowest BCUT2D eigenvalue weighted by Gasteiger charge is -2.47. The molecule has 7 nitrogen and oxygen atoms in total. The highest BCUT2D eigenvalue weighted by Crippen LogP contribution is 2.54. The van der Waals surface area contributed by atoms with Gasteiger partial charge in [-0.15, -0.1) is 0 Å². The zero-order valence-electron chi connectivity index (χ0n) is 17.9. The molecule has 0 bridgehead atoms. The van der Waals surface area contributed by atoms with E-state index in [0.29, 0.717) is 17.9 Å². The lowest BCUT2D eigenvalue weighted by molar-refractivity contribution is -0.119. The molecule has 2 aliphatic heterocycles. The second-order valence-corrected chi connectivity index (χ2v) is 9.12. The van der Waals surface area contributed by atoms with Crippen molar-refractivity contribution in [1.29, 1.82) is 0 Å². The minimum absolute atomic E-state index is 0.0857. The van der Waals surface area contributed by atoms with Crippen molar-refractivity contribution in [2.75, 3.05) is 0 Å². The molecule has 158 valence electrons. The standard InChI is InChI=1S/C24H25N5O2/c1-4-24(15-6-5-7-16(8-15)31-17-11-25-14-26-12-17)18-13-27-29-22(18)28-19-9-23(2,3)10-20(30)21(19)24/h5-8,11-14,22,28H,4,9-10H2,1-3H3/t22?,24-/m0/s1. The fraction of sp³-hybridized carbons (Fsp3) is 0.375.